The molecule has 4 nitrogen and oxygen atoms in total. The summed E-state index contributed by atoms with van der Waals surface area (Å²) >= 11 is 0. The van der Waals surface area contributed by atoms with E-state index >= 15 is 0 Å². The highest BCUT2D eigenvalue weighted by atomic mass is 16.2. The molecule has 2 aromatic rings. The van der Waals surface area contributed by atoms with E-state index in [0.29, 0.717) is 5.39 Å². The molecule has 4 heteroatoms. The minimum Gasteiger partial charge on any atom is -0.350 e. The predicted molar refractivity (Wildman–Crippen MR) is 78.9 cm³/mol. The number of nitrogens with zero attached hydrogens (tertiary/aromatic N) is 1. The maximum absolute atomic E-state index is 12.4. The lowest BCUT2D eigenvalue weighted by molar-refractivity contribution is 0.0936. The van der Waals surface area contributed by atoms with Crippen molar-refractivity contribution in [2.24, 2.45) is 7.05 Å². The summed E-state index contributed by atoms with van der Waals surface area (Å²) in [6.45, 7) is 0. The van der Waals surface area contributed by atoms with Crippen LogP contribution in [-0.4, -0.2) is 16.5 Å². The van der Waals surface area contributed by atoms with Crippen LogP contribution >= 0.6 is 0 Å². The van der Waals surface area contributed by atoms with Crippen LogP contribution in [0, 0.1) is 0 Å². The molecule has 3 rings (SSSR count). The van der Waals surface area contributed by atoms with Gasteiger partial charge in [0.05, 0.1) is 5.52 Å². The number of rotatable bonds is 2. The van der Waals surface area contributed by atoms with E-state index in [-0.39, 0.29) is 22.9 Å². The number of carbonyl (C=O) groups is 1. The smallest absolute Gasteiger partial charge is 0.256 e. The molecule has 1 fully saturated rings. The van der Waals surface area contributed by atoms with Gasteiger partial charge >= 0.3 is 0 Å². The van der Waals surface area contributed by atoms with Crippen LogP contribution in [0.1, 0.15) is 36.0 Å². The Labute approximate surface area is 117 Å². The molecule has 20 heavy (non-hydrogen) atoms. The molecule has 0 unspecified atom stereocenters. The average molecular weight is 270 g/mol. The minimum atomic E-state index is -0.247. The zero-order valence-electron chi connectivity index (χ0n) is 11.6. The van der Waals surface area contributed by atoms with E-state index in [0.717, 1.165) is 31.2 Å². The SMILES string of the molecule is Cn1cc(C(=O)NC2CCCC2)c(=O)c2ccccc21. The number of hydrogen-bond donors (Lipinski definition) is 1. The van der Waals surface area contributed by atoms with E-state index < -0.39 is 0 Å². The van der Waals surface area contributed by atoms with Crippen molar-refractivity contribution < 1.29 is 4.79 Å². The van der Waals surface area contributed by atoms with Gasteiger partial charge < -0.3 is 9.88 Å². The van der Waals surface area contributed by atoms with Gasteiger partial charge in [-0.05, 0) is 25.0 Å². The lowest BCUT2D eigenvalue weighted by Crippen LogP contribution is -2.36. The van der Waals surface area contributed by atoms with Gasteiger partial charge in [-0.2, -0.15) is 0 Å². The monoisotopic (exact) mass is 270 g/mol. The average Bonchev–Trinajstić information content (AvgIpc) is 2.95. The van der Waals surface area contributed by atoms with Crippen LogP contribution in [0.4, 0.5) is 0 Å². The number of carbonyl (C=O) groups excluding carboxylic acids is 1. The second kappa shape index (κ2) is 5.12. The summed E-state index contributed by atoms with van der Waals surface area (Å²) in [6.07, 6.45) is 5.97. The van der Waals surface area contributed by atoms with Crippen molar-refractivity contribution >= 4 is 16.8 Å². The summed E-state index contributed by atoms with van der Waals surface area (Å²) < 4.78 is 1.83. The largest absolute Gasteiger partial charge is 0.350 e. The van der Waals surface area contributed by atoms with E-state index in [1.165, 1.54) is 0 Å². The van der Waals surface area contributed by atoms with Crippen LogP contribution in [-0.2, 0) is 7.05 Å². The highest BCUT2D eigenvalue weighted by molar-refractivity contribution is 5.97. The molecule has 0 atom stereocenters. The molecule has 0 radical (unpaired) electrons. The van der Waals surface area contributed by atoms with Gasteiger partial charge in [-0.3, -0.25) is 9.59 Å². The van der Waals surface area contributed by atoms with Gasteiger partial charge in [0.25, 0.3) is 5.91 Å². The first kappa shape index (κ1) is 12.9. The number of benzene rings is 1. The highest BCUT2D eigenvalue weighted by Crippen LogP contribution is 2.18. The number of hydrogen-bond acceptors (Lipinski definition) is 2. The molecule has 0 bridgehead atoms. The Morgan fingerprint density at radius 1 is 1.25 bits per heavy atom. The molecule has 1 aromatic carbocycles. The van der Waals surface area contributed by atoms with Crippen LogP contribution < -0.4 is 10.7 Å². The van der Waals surface area contributed by atoms with E-state index in [1.807, 2.05) is 29.8 Å². The number of para-hydroxylation sites is 1. The molecule has 0 spiro atoms. The quantitative estimate of drug-likeness (QED) is 0.909. The first-order valence-corrected chi connectivity index (χ1v) is 7.06. The molecule has 1 N–H and O–H groups in total. The molecule has 1 aromatic heterocycles. The summed E-state index contributed by atoms with van der Waals surface area (Å²) in [5, 5.41) is 3.57. The fraction of sp³-hybridized carbons (Fsp3) is 0.375. The van der Waals surface area contributed by atoms with E-state index in [9.17, 15) is 9.59 Å². The molecule has 104 valence electrons. The molecular formula is C16H18N2O2. The fourth-order valence-corrected chi connectivity index (χ4v) is 2.94. The first-order valence-electron chi connectivity index (χ1n) is 7.06. The topological polar surface area (TPSA) is 51.1 Å². The lowest BCUT2D eigenvalue weighted by Gasteiger charge is -2.13. The standard InChI is InChI=1S/C16H18N2O2/c1-18-10-13(16(20)17-11-6-2-3-7-11)15(19)12-8-4-5-9-14(12)18/h4-5,8-11H,2-3,6-7H2,1H3,(H,17,20). The molecule has 1 aliphatic rings. The van der Waals surface area contributed by atoms with Crippen LogP contribution in [0.5, 0.6) is 0 Å². The third-order valence-corrected chi connectivity index (χ3v) is 4.03. The molecular weight excluding hydrogens is 252 g/mol. The van der Waals surface area contributed by atoms with Crippen molar-refractivity contribution in [2.75, 3.05) is 0 Å². The third kappa shape index (κ3) is 2.22. The molecule has 1 saturated carbocycles. The minimum absolute atomic E-state index is 0.186. The zero-order chi connectivity index (χ0) is 14.1. The second-order valence-corrected chi connectivity index (χ2v) is 5.45. The summed E-state index contributed by atoms with van der Waals surface area (Å²) in [5.74, 6) is -0.247. The van der Waals surface area contributed by atoms with Crippen molar-refractivity contribution in [3.8, 4) is 0 Å². The van der Waals surface area contributed by atoms with Gasteiger partial charge in [0.15, 0.2) is 0 Å². The summed E-state index contributed by atoms with van der Waals surface area (Å²) in [5.41, 5.74) is 0.891. The van der Waals surface area contributed by atoms with Crippen molar-refractivity contribution in [1.29, 1.82) is 0 Å². The molecule has 1 aliphatic carbocycles. The number of aryl methyl sites for hydroxylation is 1. The van der Waals surface area contributed by atoms with Crippen LogP contribution in [0.25, 0.3) is 10.9 Å². The van der Waals surface area contributed by atoms with Crippen LogP contribution in [0.3, 0.4) is 0 Å². The Morgan fingerprint density at radius 2 is 1.95 bits per heavy atom. The van der Waals surface area contributed by atoms with Crippen molar-refractivity contribution in [2.45, 2.75) is 31.7 Å². The Kier molecular flexibility index (Phi) is 3.30. The Balaban J connectivity index is 2.01. The van der Waals surface area contributed by atoms with Gasteiger partial charge in [0.1, 0.15) is 5.56 Å². The molecule has 1 heterocycles. The van der Waals surface area contributed by atoms with Crippen LogP contribution in [0.2, 0.25) is 0 Å². The summed E-state index contributed by atoms with van der Waals surface area (Å²) in [4.78, 5) is 24.7. The van der Waals surface area contributed by atoms with E-state index in [1.54, 1.807) is 12.3 Å². The van der Waals surface area contributed by atoms with Crippen molar-refractivity contribution in [3.05, 3.63) is 46.2 Å². The van der Waals surface area contributed by atoms with Gasteiger partial charge in [0, 0.05) is 24.7 Å². The molecule has 0 saturated heterocycles. The number of fused-ring (bicyclic) bond motifs is 1. The third-order valence-electron chi connectivity index (χ3n) is 4.03. The first-order chi connectivity index (χ1) is 9.66. The number of nitrogens with one attached hydrogen (secondary N) is 1. The van der Waals surface area contributed by atoms with E-state index in [4.69, 9.17) is 0 Å². The maximum Gasteiger partial charge on any atom is 0.256 e. The Bertz CT molecular complexity index is 712. The summed E-state index contributed by atoms with van der Waals surface area (Å²) in [7, 11) is 1.86. The fourth-order valence-electron chi connectivity index (χ4n) is 2.94. The highest BCUT2D eigenvalue weighted by Gasteiger charge is 2.20. The van der Waals surface area contributed by atoms with Gasteiger partial charge in [-0.25, -0.2) is 0 Å². The van der Waals surface area contributed by atoms with Gasteiger partial charge in [-0.15, -0.1) is 0 Å². The molecule has 1 amide bonds. The molecule has 0 aliphatic heterocycles. The number of amides is 1. The number of aromatic nitrogens is 1. The lowest BCUT2D eigenvalue weighted by atomic mass is 10.1. The normalized spacial score (nSPS) is 15.7. The Hall–Kier alpha value is -2.10. The Morgan fingerprint density at radius 3 is 2.70 bits per heavy atom. The predicted octanol–water partition coefficient (Wildman–Crippen LogP) is 2.21. The van der Waals surface area contributed by atoms with Gasteiger partial charge in [-0.1, -0.05) is 25.0 Å². The number of pyridine rings is 1. The van der Waals surface area contributed by atoms with E-state index in [2.05, 4.69) is 5.32 Å². The summed E-state index contributed by atoms with van der Waals surface area (Å²) in [6, 6.07) is 7.58. The van der Waals surface area contributed by atoms with Crippen molar-refractivity contribution in [1.82, 2.24) is 9.88 Å². The zero-order valence-corrected chi connectivity index (χ0v) is 11.6. The van der Waals surface area contributed by atoms with Gasteiger partial charge in [0.2, 0.25) is 5.43 Å². The van der Waals surface area contributed by atoms with Crippen LogP contribution in [0.15, 0.2) is 35.3 Å². The second-order valence-electron chi connectivity index (χ2n) is 5.45. The van der Waals surface area contributed by atoms with Crippen molar-refractivity contribution in [3.63, 3.8) is 0 Å². The maximum atomic E-state index is 12.4.